The summed E-state index contributed by atoms with van der Waals surface area (Å²) < 4.78 is 5.20. The molecule has 5 heteroatoms. The van der Waals surface area contributed by atoms with Gasteiger partial charge in [0, 0.05) is 12.3 Å². The van der Waals surface area contributed by atoms with Crippen LogP contribution in [0.5, 0.6) is 0 Å². The molecular formula is C13H17NO4. The molecule has 0 aliphatic heterocycles. The van der Waals surface area contributed by atoms with E-state index >= 15 is 0 Å². The molecule has 0 radical (unpaired) electrons. The highest BCUT2D eigenvalue weighted by atomic mass is 16.5. The molecule has 0 aliphatic rings. The van der Waals surface area contributed by atoms with E-state index in [1.54, 1.807) is 12.1 Å². The van der Waals surface area contributed by atoms with Gasteiger partial charge >= 0.3 is 5.97 Å². The molecule has 18 heavy (non-hydrogen) atoms. The SMILES string of the molecule is CCCOCCC(=O)Nc1cccc(C(=O)O)c1. The van der Waals surface area contributed by atoms with Crippen LogP contribution in [0.15, 0.2) is 24.3 Å². The van der Waals surface area contributed by atoms with E-state index in [-0.39, 0.29) is 17.9 Å². The van der Waals surface area contributed by atoms with Crippen molar-refractivity contribution in [2.75, 3.05) is 18.5 Å². The van der Waals surface area contributed by atoms with Gasteiger partial charge in [0.15, 0.2) is 0 Å². The highest BCUT2D eigenvalue weighted by molar-refractivity contribution is 5.93. The van der Waals surface area contributed by atoms with Crippen LogP contribution in [-0.4, -0.2) is 30.2 Å². The lowest BCUT2D eigenvalue weighted by atomic mass is 10.2. The summed E-state index contributed by atoms with van der Waals surface area (Å²) >= 11 is 0. The molecule has 1 amide bonds. The molecular weight excluding hydrogens is 234 g/mol. The van der Waals surface area contributed by atoms with Crippen LogP contribution in [0.2, 0.25) is 0 Å². The van der Waals surface area contributed by atoms with Gasteiger partial charge < -0.3 is 15.2 Å². The lowest BCUT2D eigenvalue weighted by Crippen LogP contribution is -2.14. The van der Waals surface area contributed by atoms with Crippen LogP contribution in [0.25, 0.3) is 0 Å². The predicted octanol–water partition coefficient (Wildman–Crippen LogP) is 2.14. The van der Waals surface area contributed by atoms with Gasteiger partial charge in [-0.1, -0.05) is 13.0 Å². The molecule has 0 fully saturated rings. The number of carbonyl (C=O) groups is 2. The number of anilines is 1. The predicted molar refractivity (Wildman–Crippen MR) is 67.8 cm³/mol. The van der Waals surface area contributed by atoms with E-state index in [1.807, 2.05) is 6.92 Å². The molecule has 5 nitrogen and oxygen atoms in total. The zero-order chi connectivity index (χ0) is 13.4. The fourth-order valence-corrected chi connectivity index (χ4v) is 1.36. The van der Waals surface area contributed by atoms with E-state index < -0.39 is 5.97 Å². The van der Waals surface area contributed by atoms with Crippen molar-refractivity contribution in [1.29, 1.82) is 0 Å². The number of rotatable bonds is 7. The van der Waals surface area contributed by atoms with Crippen molar-refractivity contribution in [3.05, 3.63) is 29.8 Å². The van der Waals surface area contributed by atoms with Gasteiger partial charge in [-0.2, -0.15) is 0 Å². The molecule has 0 heterocycles. The Morgan fingerprint density at radius 1 is 1.33 bits per heavy atom. The molecule has 1 aromatic rings. The smallest absolute Gasteiger partial charge is 0.335 e. The largest absolute Gasteiger partial charge is 0.478 e. The first-order chi connectivity index (χ1) is 8.63. The summed E-state index contributed by atoms with van der Waals surface area (Å²) in [6.45, 7) is 3.01. The van der Waals surface area contributed by atoms with E-state index in [0.29, 0.717) is 18.9 Å². The van der Waals surface area contributed by atoms with Crippen LogP contribution < -0.4 is 5.32 Å². The normalized spacial score (nSPS) is 10.1. The summed E-state index contributed by atoms with van der Waals surface area (Å²) in [5, 5.41) is 11.4. The van der Waals surface area contributed by atoms with Crippen molar-refractivity contribution in [2.45, 2.75) is 19.8 Å². The number of carbonyl (C=O) groups excluding carboxylic acids is 1. The fraction of sp³-hybridized carbons (Fsp3) is 0.385. The van der Waals surface area contributed by atoms with E-state index in [0.717, 1.165) is 6.42 Å². The summed E-state index contributed by atoms with van der Waals surface area (Å²) in [5.74, 6) is -1.20. The maximum absolute atomic E-state index is 11.5. The van der Waals surface area contributed by atoms with Crippen molar-refractivity contribution >= 4 is 17.6 Å². The van der Waals surface area contributed by atoms with Crippen molar-refractivity contribution in [2.24, 2.45) is 0 Å². The summed E-state index contributed by atoms with van der Waals surface area (Å²) in [7, 11) is 0. The number of ether oxygens (including phenoxy) is 1. The Morgan fingerprint density at radius 3 is 2.78 bits per heavy atom. The average molecular weight is 251 g/mol. The maximum atomic E-state index is 11.5. The first-order valence-electron chi connectivity index (χ1n) is 5.84. The molecule has 0 saturated carbocycles. The van der Waals surface area contributed by atoms with Crippen LogP contribution in [0, 0.1) is 0 Å². The van der Waals surface area contributed by atoms with Gasteiger partial charge in [-0.3, -0.25) is 4.79 Å². The number of hydrogen-bond donors (Lipinski definition) is 2. The first kappa shape index (κ1) is 14.2. The summed E-state index contributed by atoms with van der Waals surface area (Å²) in [6, 6.07) is 6.14. The Labute approximate surface area is 106 Å². The second kappa shape index (κ2) is 7.45. The molecule has 0 bridgehead atoms. The summed E-state index contributed by atoms with van der Waals surface area (Å²) in [5.41, 5.74) is 0.630. The third kappa shape index (κ3) is 4.97. The molecule has 0 atom stereocenters. The number of aromatic carboxylic acids is 1. The van der Waals surface area contributed by atoms with Gasteiger partial charge in [0.2, 0.25) is 5.91 Å². The van der Waals surface area contributed by atoms with Crippen molar-refractivity contribution < 1.29 is 19.4 Å². The number of hydrogen-bond acceptors (Lipinski definition) is 3. The third-order valence-corrected chi connectivity index (χ3v) is 2.22. The monoisotopic (exact) mass is 251 g/mol. The lowest BCUT2D eigenvalue weighted by Gasteiger charge is -2.06. The van der Waals surface area contributed by atoms with Gasteiger partial charge in [0.1, 0.15) is 0 Å². The Bertz CT molecular complexity index is 417. The minimum atomic E-state index is -1.02. The summed E-state index contributed by atoms with van der Waals surface area (Å²) in [6.07, 6.45) is 1.18. The Balaban J connectivity index is 2.44. The molecule has 0 aliphatic carbocycles. The molecule has 2 N–H and O–H groups in total. The van der Waals surface area contributed by atoms with E-state index in [2.05, 4.69) is 5.32 Å². The average Bonchev–Trinajstić information content (AvgIpc) is 2.35. The molecule has 0 saturated heterocycles. The zero-order valence-electron chi connectivity index (χ0n) is 10.3. The lowest BCUT2D eigenvalue weighted by molar-refractivity contribution is -0.117. The first-order valence-corrected chi connectivity index (χ1v) is 5.84. The topological polar surface area (TPSA) is 75.6 Å². The highest BCUT2D eigenvalue weighted by Crippen LogP contribution is 2.10. The molecule has 1 aromatic carbocycles. The number of amides is 1. The van der Waals surface area contributed by atoms with Crippen molar-refractivity contribution in [1.82, 2.24) is 0 Å². The maximum Gasteiger partial charge on any atom is 0.335 e. The molecule has 0 aromatic heterocycles. The van der Waals surface area contributed by atoms with E-state index in [4.69, 9.17) is 9.84 Å². The second-order valence-corrected chi connectivity index (χ2v) is 3.80. The van der Waals surface area contributed by atoms with Gasteiger partial charge in [-0.25, -0.2) is 4.79 Å². The summed E-state index contributed by atoms with van der Waals surface area (Å²) in [4.78, 5) is 22.3. The van der Waals surface area contributed by atoms with Gasteiger partial charge in [0.05, 0.1) is 18.6 Å². The van der Waals surface area contributed by atoms with Crippen molar-refractivity contribution in [3.63, 3.8) is 0 Å². The van der Waals surface area contributed by atoms with E-state index in [9.17, 15) is 9.59 Å². The number of nitrogens with one attached hydrogen (secondary N) is 1. The number of benzene rings is 1. The molecule has 0 spiro atoms. The van der Waals surface area contributed by atoms with Crippen LogP contribution in [-0.2, 0) is 9.53 Å². The van der Waals surface area contributed by atoms with Gasteiger partial charge in [-0.05, 0) is 24.6 Å². The number of carboxylic acids is 1. The second-order valence-electron chi connectivity index (χ2n) is 3.80. The van der Waals surface area contributed by atoms with Crippen LogP contribution in [0.3, 0.4) is 0 Å². The fourth-order valence-electron chi connectivity index (χ4n) is 1.36. The van der Waals surface area contributed by atoms with Crippen LogP contribution in [0.4, 0.5) is 5.69 Å². The quantitative estimate of drug-likeness (QED) is 0.728. The Kier molecular flexibility index (Phi) is 5.87. The highest BCUT2D eigenvalue weighted by Gasteiger charge is 2.06. The molecule has 1 rings (SSSR count). The van der Waals surface area contributed by atoms with Gasteiger partial charge in [0.25, 0.3) is 0 Å². The van der Waals surface area contributed by atoms with Crippen LogP contribution in [0.1, 0.15) is 30.1 Å². The third-order valence-electron chi connectivity index (χ3n) is 2.22. The van der Waals surface area contributed by atoms with E-state index in [1.165, 1.54) is 12.1 Å². The Morgan fingerprint density at radius 2 is 2.11 bits per heavy atom. The minimum absolute atomic E-state index is 0.148. The zero-order valence-corrected chi connectivity index (χ0v) is 10.3. The number of carboxylic acid groups (broad SMARTS) is 1. The molecule has 0 unspecified atom stereocenters. The standard InChI is InChI=1S/C13H17NO4/c1-2-7-18-8-6-12(15)14-11-5-3-4-10(9-11)13(16)17/h3-5,9H,2,6-8H2,1H3,(H,14,15)(H,16,17). The Hall–Kier alpha value is -1.88. The minimum Gasteiger partial charge on any atom is -0.478 e. The van der Waals surface area contributed by atoms with Crippen molar-refractivity contribution in [3.8, 4) is 0 Å². The van der Waals surface area contributed by atoms with Gasteiger partial charge in [-0.15, -0.1) is 0 Å². The molecule has 98 valence electrons. The van der Waals surface area contributed by atoms with Crippen LogP contribution >= 0.6 is 0 Å².